The summed E-state index contributed by atoms with van der Waals surface area (Å²) >= 11 is 16.2. The topological polar surface area (TPSA) is 0 Å². The zero-order valence-corrected chi connectivity index (χ0v) is 18.6. The second-order valence-corrected chi connectivity index (χ2v) is 14.6. The van der Waals surface area contributed by atoms with Crippen molar-refractivity contribution in [1.82, 2.24) is 0 Å². The molecule has 0 N–H and O–H groups in total. The number of rotatable bonds is 2. The van der Waals surface area contributed by atoms with Crippen molar-refractivity contribution < 1.29 is 0 Å². The summed E-state index contributed by atoms with van der Waals surface area (Å²) in [5, 5.41) is 0. The van der Waals surface area contributed by atoms with E-state index in [4.69, 9.17) is 0 Å². The summed E-state index contributed by atoms with van der Waals surface area (Å²) in [6.45, 7) is 4.56. The standard InChI is InChI=1S/C14H14S8/c1-3-7-8(4-2)18-11(17-7)12-21-13-14(22-12)20-10(19-13)9-15-5-6-16-9/h3-6H2,1-2H3. The highest BCUT2D eigenvalue weighted by molar-refractivity contribution is 8.49. The Kier molecular flexibility index (Phi) is 5.91. The van der Waals surface area contributed by atoms with E-state index in [1.807, 2.05) is 94.1 Å². The van der Waals surface area contributed by atoms with Gasteiger partial charge in [0.25, 0.3) is 0 Å². The first-order valence-electron chi connectivity index (χ1n) is 7.06. The quantitative estimate of drug-likeness (QED) is 0.416. The van der Waals surface area contributed by atoms with Crippen molar-refractivity contribution in [1.29, 1.82) is 0 Å². The molecule has 0 radical (unpaired) electrons. The third-order valence-corrected chi connectivity index (χ3v) is 15.5. The van der Waals surface area contributed by atoms with Gasteiger partial charge in [-0.3, -0.25) is 0 Å². The highest BCUT2D eigenvalue weighted by atomic mass is 32.3. The van der Waals surface area contributed by atoms with Gasteiger partial charge in [0, 0.05) is 11.5 Å². The number of thioether (sulfide) groups is 8. The predicted molar refractivity (Wildman–Crippen MR) is 119 cm³/mol. The molecule has 0 unspecified atom stereocenters. The molecule has 0 spiro atoms. The van der Waals surface area contributed by atoms with Crippen LogP contribution in [0.4, 0.5) is 0 Å². The second-order valence-electron chi connectivity index (χ2n) is 4.59. The molecule has 1 fully saturated rings. The summed E-state index contributed by atoms with van der Waals surface area (Å²) in [7, 11) is 0. The molecule has 0 aromatic rings. The first-order valence-corrected chi connectivity index (χ1v) is 13.9. The molecule has 0 amide bonds. The lowest BCUT2D eigenvalue weighted by Gasteiger charge is -2.06. The van der Waals surface area contributed by atoms with Gasteiger partial charge in [0.05, 0.1) is 25.4 Å². The molecule has 8 heteroatoms. The lowest BCUT2D eigenvalue weighted by atomic mass is 10.3. The first kappa shape index (κ1) is 17.2. The Hall–Kier alpha value is 1.76. The van der Waals surface area contributed by atoms with Crippen molar-refractivity contribution in [3.05, 3.63) is 35.2 Å². The maximum atomic E-state index is 2.28. The fraction of sp³-hybridized carbons (Fsp3) is 0.429. The lowest BCUT2D eigenvalue weighted by molar-refractivity contribution is 1.12. The van der Waals surface area contributed by atoms with E-state index >= 15 is 0 Å². The first-order chi connectivity index (χ1) is 10.8. The molecule has 118 valence electrons. The Labute approximate surface area is 166 Å². The normalized spacial score (nSPS) is 25.4. The summed E-state index contributed by atoms with van der Waals surface area (Å²) in [6, 6.07) is 0. The minimum atomic E-state index is 1.17. The van der Waals surface area contributed by atoms with Crippen LogP contribution in [0.15, 0.2) is 35.2 Å². The van der Waals surface area contributed by atoms with Crippen LogP contribution in [-0.4, -0.2) is 11.5 Å². The Morgan fingerprint density at radius 2 is 0.909 bits per heavy atom. The number of hydrogen-bond acceptors (Lipinski definition) is 8. The zero-order valence-electron chi connectivity index (χ0n) is 12.1. The van der Waals surface area contributed by atoms with Gasteiger partial charge in [-0.1, -0.05) is 84.4 Å². The molecule has 0 nitrogen and oxygen atoms in total. The average Bonchev–Trinajstić information content (AvgIpc) is 3.26. The highest BCUT2D eigenvalue weighted by Crippen LogP contribution is 2.71. The molecule has 0 aromatic carbocycles. The summed E-state index contributed by atoms with van der Waals surface area (Å²) in [4.78, 5) is 3.18. The molecule has 22 heavy (non-hydrogen) atoms. The van der Waals surface area contributed by atoms with Crippen LogP contribution >= 0.6 is 94.1 Å². The van der Waals surface area contributed by atoms with E-state index in [0.717, 1.165) is 0 Å². The lowest BCUT2D eigenvalue weighted by Crippen LogP contribution is -1.72. The van der Waals surface area contributed by atoms with Gasteiger partial charge in [-0.05, 0) is 22.7 Å². The van der Waals surface area contributed by atoms with E-state index in [9.17, 15) is 0 Å². The van der Waals surface area contributed by atoms with Gasteiger partial charge in [-0.2, -0.15) is 0 Å². The molecule has 4 heterocycles. The minimum Gasteiger partial charge on any atom is -0.117 e. The van der Waals surface area contributed by atoms with Crippen LogP contribution in [0.25, 0.3) is 0 Å². The van der Waals surface area contributed by atoms with Crippen LogP contribution in [-0.2, 0) is 0 Å². The van der Waals surface area contributed by atoms with Gasteiger partial charge in [-0.15, -0.1) is 23.5 Å². The summed E-state index contributed by atoms with van der Waals surface area (Å²) in [6.07, 6.45) is 2.35. The van der Waals surface area contributed by atoms with Crippen LogP contribution in [0, 0.1) is 0 Å². The Balaban J connectivity index is 1.46. The summed E-state index contributed by atoms with van der Waals surface area (Å²) in [5.41, 5.74) is 0. The molecule has 0 saturated carbocycles. The van der Waals surface area contributed by atoms with Crippen LogP contribution in [0.5, 0.6) is 0 Å². The van der Waals surface area contributed by atoms with E-state index in [2.05, 4.69) is 13.8 Å². The van der Waals surface area contributed by atoms with E-state index in [1.54, 1.807) is 14.0 Å². The summed E-state index contributed by atoms with van der Waals surface area (Å²) in [5.74, 6) is 2.56. The van der Waals surface area contributed by atoms with Gasteiger partial charge in [0.1, 0.15) is 0 Å². The van der Waals surface area contributed by atoms with Crippen molar-refractivity contribution in [2.45, 2.75) is 26.7 Å². The predicted octanol–water partition coefficient (Wildman–Crippen LogP) is 8.32. The van der Waals surface area contributed by atoms with E-state index < -0.39 is 0 Å². The highest BCUT2D eigenvalue weighted by Gasteiger charge is 2.35. The summed E-state index contributed by atoms with van der Waals surface area (Å²) < 4.78 is 9.19. The molecule has 0 aliphatic carbocycles. The molecule has 0 bridgehead atoms. The van der Waals surface area contributed by atoms with E-state index in [-0.39, 0.29) is 0 Å². The van der Waals surface area contributed by atoms with Gasteiger partial charge < -0.3 is 0 Å². The molecule has 1 saturated heterocycles. The van der Waals surface area contributed by atoms with Crippen molar-refractivity contribution in [3.63, 3.8) is 0 Å². The third-order valence-electron chi connectivity index (χ3n) is 3.18. The maximum absolute atomic E-state index is 2.28. The molecule has 4 aliphatic heterocycles. The maximum Gasteiger partial charge on any atom is 0.0718 e. The van der Waals surface area contributed by atoms with E-state index in [0.29, 0.717) is 0 Å². The van der Waals surface area contributed by atoms with Crippen molar-refractivity contribution in [2.24, 2.45) is 0 Å². The molecule has 4 aliphatic rings. The number of hydrogen-bond donors (Lipinski definition) is 0. The molecule has 4 rings (SSSR count). The molecule has 0 atom stereocenters. The smallest absolute Gasteiger partial charge is 0.0718 e. The Morgan fingerprint density at radius 1 is 0.545 bits per heavy atom. The van der Waals surface area contributed by atoms with Crippen molar-refractivity contribution in [3.8, 4) is 0 Å². The van der Waals surface area contributed by atoms with Crippen LogP contribution < -0.4 is 0 Å². The van der Waals surface area contributed by atoms with Crippen LogP contribution in [0.2, 0.25) is 0 Å². The number of allylic oxidation sites excluding steroid dienone is 2. The largest absolute Gasteiger partial charge is 0.117 e. The monoisotopic (exact) mass is 438 g/mol. The second kappa shape index (κ2) is 7.56. The fourth-order valence-corrected chi connectivity index (χ4v) is 14.6. The van der Waals surface area contributed by atoms with Crippen LogP contribution in [0.1, 0.15) is 26.7 Å². The van der Waals surface area contributed by atoms with Gasteiger partial charge in [0.15, 0.2) is 0 Å². The van der Waals surface area contributed by atoms with Gasteiger partial charge in [0.2, 0.25) is 0 Å². The van der Waals surface area contributed by atoms with Crippen molar-refractivity contribution in [2.75, 3.05) is 11.5 Å². The van der Waals surface area contributed by atoms with E-state index in [1.165, 1.54) is 45.5 Å². The van der Waals surface area contributed by atoms with Gasteiger partial charge >= 0.3 is 0 Å². The third kappa shape index (κ3) is 3.37. The fourth-order valence-electron chi connectivity index (χ4n) is 2.16. The molecular formula is C14H14S8. The van der Waals surface area contributed by atoms with Gasteiger partial charge in [-0.25, -0.2) is 0 Å². The average molecular weight is 439 g/mol. The zero-order chi connectivity index (χ0) is 15.1. The SMILES string of the molecule is CCC1=C(CC)SC(=C2SC3=C(SC(=C4SCCS4)S3)S2)S1. The molecule has 0 aromatic heterocycles. The van der Waals surface area contributed by atoms with Crippen LogP contribution in [0.3, 0.4) is 0 Å². The minimum absolute atomic E-state index is 1.17. The molecular weight excluding hydrogens is 425 g/mol. The Morgan fingerprint density at radius 3 is 1.32 bits per heavy atom. The Bertz CT molecular complexity index is 591. The van der Waals surface area contributed by atoms with Crippen molar-refractivity contribution >= 4 is 94.1 Å².